The van der Waals surface area contributed by atoms with E-state index in [0.29, 0.717) is 0 Å². The van der Waals surface area contributed by atoms with E-state index in [1.54, 1.807) is 0 Å². The van der Waals surface area contributed by atoms with Crippen molar-refractivity contribution in [1.29, 1.82) is 0 Å². The Morgan fingerprint density at radius 2 is 1.32 bits per heavy atom. The largest absolute Gasteiger partial charge is 0.207 e. The summed E-state index contributed by atoms with van der Waals surface area (Å²) >= 11 is 0. The molecule has 2 aromatic rings. The highest BCUT2D eigenvalue weighted by Gasteiger charge is 2.25. The van der Waals surface area contributed by atoms with E-state index in [1.807, 2.05) is 0 Å². The van der Waals surface area contributed by atoms with Crippen LogP contribution in [0.3, 0.4) is 0 Å². The van der Waals surface area contributed by atoms with Crippen LogP contribution in [0, 0.1) is 11.6 Å². The first-order valence-electron chi connectivity index (χ1n) is 8.31. The number of hydrogen-bond acceptors (Lipinski definition) is 0. The van der Waals surface area contributed by atoms with Crippen LogP contribution in [0.1, 0.15) is 59.4 Å². The molecule has 0 heterocycles. The molecule has 0 radical (unpaired) electrons. The van der Waals surface area contributed by atoms with E-state index in [0.717, 1.165) is 37.3 Å². The monoisotopic (exact) mass is 298 g/mol. The molecule has 0 aromatic heterocycles. The van der Waals surface area contributed by atoms with Crippen molar-refractivity contribution in [3.05, 3.63) is 69.8 Å². The molecule has 1 unspecified atom stereocenters. The van der Waals surface area contributed by atoms with Crippen LogP contribution in [0.5, 0.6) is 0 Å². The van der Waals surface area contributed by atoms with Crippen molar-refractivity contribution in [2.75, 3.05) is 0 Å². The topological polar surface area (TPSA) is 0 Å². The normalized spacial score (nSPS) is 20.4. The van der Waals surface area contributed by atoms with Gasteiger partial charge in [0.25, 0.3) is 0 Å². The molecule has 2 aliphatic rings. The molecule has 0 N–H and O–H groups in total. The molecule has 0 nitrogen and oxygen atoms in total. The zero-order valence-corrected chi connectivity index (χ0v) is 12.7. The third-order valence-corrected chi connectivity index (χ3v) is 5.21. The first-order valence-corrected chi connectivity index (χ1v) is 8.31. The summed E-state index contributed by atoms with van der Waals surface area (Å²) in [4.78, 5) is 0. The van der Waals surface area contributed by atoms with Crippen LogP contribution in [0.15, 0.2) is 30.3 Å². The van der Waals surface area contributed by atoms with Gasteiger partial charge in [-0.05, 0) is 84.9 Å². The average molecular weight is 298 g/mol. The SMILES string of the molecule is Fc1cc(F)cc(C2CCCc3cc4c(cc32)CCCC4)c1. The molecule has 0 spiro atoms. The van der Waals surface area contributed by atoms with E-state index in [4.69, 9.17) is 0 Å². The maximum Gasteiger partial charge on any atom is 0.126 e. The molecule has 2 aromatic carbocycles. The van der Waals surface area contributed by atoms with Crippen molar-refractivity contribution in [3.63, 3.8) is 0 Å². The molecule has 2 heteroatoms. The first-order chi connectivity index (χ1) is 10.7. The Balaban J connectivity index is 1.81. The number of hydrogen-bond donors (Lipinski definition) is 0. The first kappa shape index (κ1) is 13.9. The van der Waals surface area contributed by atoms with E-state index in [-0.39, 0.29) is 5.92 Å². The van der Waals surface area contributed by atoms with Gasteiger partial charge in [-0.15, -0.1) is 0 Å². The van der Waals surface area contributed by atoms with Crippen LogP contribution in [0.2, 0.25) is 0 Å². The molecule has 4 rings (SSSR count). The van der Waals surface area contributed by atoms with Gasteiger partial charge in [0.1, 0.15) is 11.6 Å². The fraction of sp³-hybridized carbons (Fsp3) is 0.400. The maximum absolute atomic E-state index is 13.6. The summed E-state index contributed by atoms with van der Waals surface area (Å²) in [6.45, 7) is 0. The van der Waals surface area contributed by atoms with Gasteiger partial charge in [-0.25, -0.2) is 8.78 Å². The Hall–Kier alpha value is -1.70. The molecule has 114 valence electrons. The van der Waals surface area contributed by atoms with Crippen molar-refractivity contribution in [3.8, 4) is 0 Å². The zero-order chi connectivity index (χ0) is 15.1. The smallest absolute Gasteiger partial charge is 0.126 e. The Morgan fingerprint density at radius 3 is 2.05 bits per heavy atom. The van der Waals surface area contributed by atoms with Gasteiger partial charge in [-0.3, -0.25) is 0 Å². The number of halogens is 2. The molecule has 0 amide bonds. The van der Waals surface area contributed by atoms with Crippen LogP contribution in [-0.2, 0) is 19.3 Å². The number of aryl methyl sites for hydroxylation is 3. The second-order valence-electron chi connectivity index (χ2n) is 6.67. The predicted molar refractivity (Wildman–Crippen MR) is 84.2 cm³/mol. The molecule has 0 bridgehead atoms. The molecule has 0 fully saturated rings. The van der Waals surface area contributed by atoms with E-state index >= 15 is 0 Å². The Morgan fingerprint density at radius 1 is 0.682 bits per heavy atom. The van der Waals surface area contributed by atoms with Crippen molar-refractivity contribution >= 4 is 0 Å². The van der Waals surface area contributed by atoms with Gasteiger partial charge in [-0.2, -0.15) is 0 Å². The van der Waals surface area contributed by atoms with Crippen molar-refractivity contribution in [1.82, 2.24) is 0 Å². The Bertz CT molecular complexity index is 698. The van der Waals surface area contributed by atoms with E-state index in [1.165, 1.54) is 53.6 Å². The molecule has 2 aliphatic carbocycles. The minimum absolute atomic E-state index is 0.140. The number of fused-ring (bicyclic) bond motifs is 2. The highest BCUT2D eigenvalue weighted by molar-refractivity contribution is 5.46. The third-order valence-electron chi connectivity index (χ3n) is 5.21. The fourth-order valence-corrected chi connectivity index (χ4v) is 4.17. The summed E-state index contributed by atoms with van der Waals surface area (Å²) in [5.74, 6) is -0.804. The van der Waals surface area contributed by atoms with E-state index < -0.39 is 11.6 Å². The Labute approximate surface area is 130 Å². The van der Waals surface area contributed by atoms with Gasteiger partial charge in [-0.1, -0.05) is 12.1 Å². The standard InChI is InChI=1S/C20H20F2/c21-17-9-16(10-18(22)12-17)19-7-3-6-15-8-13-4-1-2-5-14(13)11-20(15)19/h8-12,19H,1-7H2. The van der Waals surface area contributed by atoms with E-state index in [9.17, 15) is 8.78 Å². The summed E-state index contributed by atoms with van der Waals surface area (Å²) in [5, 5.41) is 0. The molecule has 1 atom stereocenters. The summed E-state index contributed by atoms with van der Waals surface area (Å²) in [6, 6.07) is 8.66. The summed E-state index contributed by atoms with van der Waals surface area (Å²) in [6.07, 6.45) is 8.03. The minimum atomic E-state index is -0.472. The summed E-state index contributed by atoms with van der Waals surface area (Å²) < 4.78 is 27.2. The summed E-state index contributed by atoms with van der Waals surface area (Å²) in [5.41, 5.74) is 6.43. The molecule has 0 aliphatic heterocycles. The van der Waals surface area contributed by atoms with Crippen LogP contribution in [-0.4, -0.2) is 0 Å². The van der Waals surface area contributed by atoms with Crippen LogP contribution in [0.25, 0.3) is 0 Å². The highest BCUT2D eigenvalue weighted by Crippen LogP contribution is 2.39. The lowest BCUT2D eigenvalue weighted by molar-refractivity contribution is 0.563. The predicted octanol–water partition coefficient (Wildman–Crippen LogP) is 5.31. The van der Waals surface area contributed by atoms with E-state index in [2.05, 4.69) is 12.1 Å². The fourth-order valence-electron chi connectivity index (χ4n) is 4.17. The lowest BCUT2D eigenvalue weighted by Crippen LogP contribution is -2.14. The van der Waals surface area contributed by atoms with Gasteiger partial charge < -0.3 is 0 Å². The third kappa shape index (κ3) is 2.45. The maximum atomic E-state index is 13.6. The van der Waals surface area contributed by atoms with Crippen molar-refractivity contribution in [2.45, 2.75) is 50.9 Å². The number of benzene rings is 2. The molecular weight excluding hydrogens is 278 g/mol. The van der Waals surface area contributed by atoms with Crippen molar-refractivity contribution in [2.24, 2.45) is 0 Å². The molecular formula is C20H20F2. The van der Waals surface area contributed by atoms with Crippen LogP contribution >= 0.6 is 0 Å². The van der Waals surface area contributed by atoms with Gasteiger partial charge in [0, 0.05) is 12.0 Å². The van der Waals surface area contributed by atoms with Gasteiger partial charge in [0.05, 0.1) is 0 Å². The van der Waals surface area contributed by atoms with Gasteiger partial charge >= 0.3 is 0 Å². The zero-order valence-electron chi connectivity index (χ0n) is 12.7. The van der Waals surface area contributed by atoms with Crippen molar-refractivity contribution < 1.29 is 8.78 Å². The highest BCUT2D eigenvalue weighted by atomic mass is 19.1. The van der Waals surface area contributed by atoms with Gasteiger partial charge in [0.15, 0.2) is 0 Å². The minimum Gasteiger partial charge on any atom is -0.207 e. The molecule has 0 saturated heterocycles. The lowest BCUT2D eigenvalue weighted by atomic mass is 9.76. The second-order valence-corrected chi connectivity index (χ2v) is 6.67. The average Bonchev–Trinajstić information content (AvgIpc) is 2.51. The summed E-state index contributed by atoms with van der Waals surface area (Å²) in [7, 11) is 0. The van der Waals surface area contributed by atoms with Crippen LogP contribution < -0.4 is 0 Å². The second kappa shape index (κ2) is 5.49. The molecule has 22 heavy (non-hydrogen) atoms. The quantitative estimate of drug-likeness (QED) is 0.669. The molecule has 0 saturated carbocycles. The van der Waals surface area contributed by atoms with Gasteiger partial charge in [0.2, 0.25) is 0 Å². The van der Waals surface area contributed by atoms with Crippen LogP contribution in [0.4, 0.5) is 8.78 Å². The Kier molecular flexibility index (Phi) is 3.48. The lowest BCUT2D eigenvalue weighted by Gasteiger charge is -2.29. The number of rotatable bonds is 1.